The van der Waals surface area contributed by atoms with Crippen LogP contribution in [0.4, 0.5) is 0 Å². The number of ether oxygens (including phenoxy) is 1. The monoisotopic (exact) mass is 478 g/mol. The number of pyridine rings is 1. The largest absolute Gasteiger partial charge is 0.491 e. The van der Waals surface area contributed by atoms with Crippen molar-refractivity contribution in [2.24, 2.45) is 0 Å². The third-order valence-corrected chi connectivity index (χ3v) is 4.99. The Labute approximate surface area is 201 Å². The van der Waals surface area contributed by atoms with E-state index < -0.39 is 23.8 Å². The van der Waals surface area contributed by atoms with Gasteiger partial charge in [0.2, 0.25) is 0 Å². The number of benzene rings is 2. The van der Waals surface area contributed by atoms with Crippen LogP contribution in [0.2, 0.25) is 0 Å². The molecular weight excluding hydrogens is 452 g/mol. The number of hydrogen-bond acceptors (Lipinski definition) is 7. The van der Waals surface area contributed by atoms with E-state index >= 15 is 0 Å². The molecular formula is C25H26N4O6. The molecule has 1 unspecified atom stereocenters. The summed E-state index contributed by atoms with van der Waals surface area (Å²) < 4.78 is 5.34. The van der Waals surface area contributed by atoms with Crippen molar-refractivity contribution >= 4 is 17.7 Å². The molecule has 0 aliphatic rings. The first-order valence-electron chi connectivity index (χ1n) is 10.8. The van der Waals surface area contributed by atoms with E-state index in [1.807, 2.05) is 25.1 Å². The Kier molecular flexibility index (Phi) is 8.88. The molecule has 0 fully saturated rings. The summed E-state index contributed by atoms with van der Waals surface area (Å²) >= 11 is 0. The van der Waals surface area contributed by atoms with Gasteiger partial charge in [0.1, 0.15) is 12.4 Å². The lowest BCUT2D eigenvalue weighted by Crippen LogP contribution is -2.54. The van der Waals surface area contributed by atoms with Gasteiger partial charge in [-0.15, -0.1) is 0 Å². The van der Waals surface area contributed by atoms with Crippen molar-refractivity contribution in [1.29, 1.82) is 0 Å². The van der Waals surface area contributed by atoms with Gasteiger partial charge in [-0.05, 0) is 54.4 Å². The van der Waals surface area contributed by atoms with Crippen LogP contribution in [0, 0.1) is 6.92 Å². The van der Waals surface area contributed by atoms with Crippen LogP contribution in [0.3, 0.4) is 0 Å². The minimum atomic E-state index is -1.65. The Hall–Kier alpha value is -4.28. The molecule has 2 aromatic carbocycles. The van der Waals surface area contributed by atoms with Gasteiger partial charge in [-0.2, -0.15) is 0 Å². The van der Waals surface area contributed by atoms with E-state index in [1.165, 1.54) is 5.48 Å². The minimum absolute atomic E-state index is 0.0458. The lowest BCUT2D eigenvalue weighted by Gasteiger charge is -2.17. The van der Waals surface area contributed by atoms with Gasteiger partial charge in [-0.25, -0.2) is 5.48 Å². The van der Waals surface area contributed by atoms with Crippen LogP contribution in [0.1, 0.15) is 21.7 Å². The summed E-state index contributed by atoms with van der Waals surface area (Å²) in [7, 11) is 0. The molecule has 0 bridgehead atoms. The van der Waals surface area contributed by atoms with Crippen LogP contribution in [0.5, 0.6) is 5.75 Å². The first kappa shape index (κ1) is 25.3. The Morgan fingerprint density at radius 2 is 1.60 bits per heavy atom. The summed E-state index contributed by atoms with van der Waals surface area (Å²) in [6.07, 6.45) is 0. The number of carbonyl (C=O) groups is 3. The molecule has 182 valence electrons. The molecule has 1 aromatic heterocycles. The van der Waals surface area contributed by atoms with E-state index in [4.69, 9.17) is 15.1 Å². The molecule has 10 heteroatoms. The quantitative estimate of drug-likeness (QED) is 0.168. The SMILES string of the molecule is Cc1cccc(CNC(=O)C(NC(=O)c2ccc(-c3ccc(OCCO)cc3)cc2)C(=O)NO)n1. The summed E-state index contributed by atoms with van der Waals surface area (Å²) in [4.78, 5) is 41.5. The molecule has 1 heterocycles. The van der Waals surface area contributed by atoms with Gasteiger partial charge in [0.05, 0.1) is 18.8 Å². The van der Waals surface area contributed by atoms with Crippen molar-refractivity contribution in [3.8, 4) is 16.9 Å². The van der Waals surface area contributed by atoms with Crippen molar-refractivity contribution < 1.29 is 29.4 Å². The standard InChI is InChI=1S/C25H26N4O6/c1-16-3-2-4-20(27-16)15-26-24(32)22(25(33)29-34)28-23(31)19-7-5-17(6-8-19)18-9-11-21(12-10-18)35-14-13-30/h2-12,22,30,34H,13-15H2,1H3,(H,26,32)(H,28,31)(H,29,33). The first-order chi connectivity index (χ1) is 16.9. The predicted molar refractivity (Wildman–Crippen MR) is 126 cm³/mol. The van der Waals surface area contributed by atoms with Crippen molar-refractivity contribution in [2.75, 3.05) is 13.2 Å². The van der Waals surface area contributed by atoms with Gasteiger partial charge in [0.25, 0.3) is 17.7 Å². The highest BCUT2D eigenvalue weighted by Crippen LogP contribution is 2.23. The average molecular weight is 479 g/mol. The van der Waals surface area contributed by atoms with Gasteiger partial charge < -0.3 is 20.5 Å². The Morgan fingerprint density at radius 1 is 0.943 bits per heavy atom. The highest BCUT2D eigenvalue weighted by molar-refractivity contribution is 6.08. The second-order valence-electron chi connectivity index (χ2n) is 7.54. The number of rotatable bonds is 10. The van der Waals surface area contributed by atoms with Crippen LogP contribution in [0.25, 0.3) is 11.1 Å². The van der Waals surface area contributed by atoms with Crippen LogP contribution in [0.15, 0.2) is 66.7 Å². The van der Waals surface area contributed by atoms with E-state index in [-0.39, 0.29) is 25.3 Å². The van der Waals surface area contributed by atoms with E-state index in [1.54, 1.807) is 48.5 Å². The Bertz CT molecular complexity index is 1170. The molecule has 5 N–H and O–H groups in total. The van der Waals surface area contributed by atoms with Crippen molar-refractivity contribution in [2.45, 2.75) is 19.5 Å². The number of hydroxylamine groups is 1. The fourth-order valence-electron chi connectivity index (χ4n) is 3.23. The number of aryl methyl sites for hydroxylation is 1. The molecule has 35 heavy (non-hydrogen) atoms. The summed E-state index contributed by atoms with van der Waals surface area (Å²) in [5.41, 5.74) is 4.69. The third kappa shape index (κ3) is 7.10. The average Bonchev–Trinajstić information content (AvgIpc) is 2.89. The summed E-state index contributed by atoms with van der Waals surface area (Å²) in [5, 5.41) is 22.7. The molecule has 1 atom stereocenters. The number of aliphatic hydroxyl groups is 1. The van der Waals surface area contributed by atoms with E-state index in [0.717, 1.165) is 16.8 Å². The lowest BCUT2D eigenvalue weighted by atomic mass is 10.0. The van der Waals surface area contributed by atoms with Crippen molar-refractivity contribution in [1.82, 2.24) is 21.1 Å². The number of amides is 3. The number of aliphatic hydroxyl groups excluding tert-OH is 1. The Morgan fingerprint density at radius 3 is 2.20 bits per heavy atom. The number of hydrogen-bond donors (Lipinski definition) is 5. The molecule has 0 aliphatic carbocycles. The van der Waals surface area contributed by atoms with Crippen LogP contribution in [-0.4, -0.2) is 52.3 Å². The van der Waals surface area contributed by atoms with Crippen molar-refractivity contribution in [3.63, 3.8) is 0 Å². The molecule has 0 radical (unpaired) electrons. The maximum atomic E-state index is 12.7. The number of nitrogens with one attached hydrogen (secondary N) is 3. The lowest BCUT2D eigenvalue weighted by molar-refractivity contribution is -0.137. The second-order valence-corrected chi connectivity index (χ2v) is 7.54. The van der Waals surface area contributed by atoms with Gasteiger partial charge >= 0.3 is 0 Å². The van der Waals surface area contributed by atoms with E-state index in [9.17, 15) is 14.4 Å². The van der Waals surface area contributed by atoms with E-state index in [0.29, 0.717) is 11.4 Å². The summed E-state index contributed by atoms with van der Waals surface area (Å²) in [6, 6.07) is 17.5. The zero-order valence-electron chi connectivity index (χ0n) is 19.0. The zero-order valence-corrected chi connectivity index (χ0v) is 19.0. The summed E-state index contributed by atoms with van der Waals surface area (Å²) in [5.74, 6) is -1.91. The van der Waals surface area contributed by atoms with Gasteiger partial charge in [-0.3, -0.25) is 24.6 Å². The van der Waals surface area contributed by atoms with Crippen LogP contribution in [-0.2, 0) is 16.1 Å². The predicted octanol–water partition coefficient (Wildman–Crippen LogP) is 1.35. The Balaban J connectivity index is 1.64. The zero-order chi connectivity index (χ0) is 25.2. The molecule has 3 aromatic rings. The van der Waals surface area contributed by atoms with E-state index in [2.05, 4.69) is 15.6 Å². The first-order valence-corrected chi connectivity index (χ1v) is 10.8. The molecule has 3 amide bonds. The minimum Gasteiger partial charge on any atom is -0.491 e. The molecule has 0 spiro atoms. The van der Waals surface area contributed by atoms with Gasteiger partial charge in [0.15, 0.2) is 6.04 Å². The smallest absolute Gasteiger partial charge is 0.275 e. The topological polar surface area (TPSA) is 150 Å². The third-order valence-electron chi connectivity index (χ3n) is 4.99. The maximum Gasteiger partial charge on any atom is 0.275 e. The van der Waals surface area contributed by atoms with Crippen LogP contribution >= 0.6 is 0 Å². The highest BCUT2D eigenvalue weighted by atomic mass is 16.5. The molecule has 0 saturated heterocycles. The maximum absolute atomic E-state index is 12.7. The van der Waals surface area contributed by atoms with Crippen LogP contribution < -0.4 is 20.9 Å². The molecule has 0 saturated carbocycles. The molecule has 10 nitrogen and oxygen atoms in total. The van der Waals surface area contributed by atoms with Gasteiger partial charge in [0, 0.05) is 11.3 Å². The fourth-order valence-corrected chi connectivity index (χ4v) is 3.23. The highest BCUT2D eigenvalue weighted by Gasteiger charge is 2.28. The number of nitrogens with zero attached hydrogens (tertiary/aromatic N) is 1. The van der Waals surface area contributed by atoms with Crippen molar-refractivity contribution in [3.05, 3.63) is 83.7 Å². The summed E-state index contributed by atoms with van der Waals surface area (Å²) in [6.45, 7) is 1.99. The normalized spacial score (nSPS) is 11.3. The molecule has 3 rings (SSSR count). The number of carbonyl (C=O) groups excluding carboxylic acids is 3. The van der Waals surface area contributed by atoms with Gasteiger partial charge in [-0.1, -0.05) is 30.3 Å². The second kappa shape index (κ2) is 12.3. The number of aromatic nitrogens is 1. The fraction of sp³-hybridized carbons (Fsp3) is 0.200. The molecule has 0 aliphatic heterocycles.